The molecule has 1 aliphatic rings. The first kappa shape index (κ1) is 22.5. The first-order valence-corrected chi connectivity index (χ1v) is 10.6. The molecule has 0 aliphatic carbocycles. The summed E-state index contributed by atoms with van der Waals surface area (Å²) in [6.07, 6.45) is 0.924. The molecular formula is C22H34ClN3O2. The van der Waals surface area contributed by atoms with Crippen LogP contribution in [0, 0.1) is 24.7 Å². The molecule has 3 atom stereocenters. The van der Waals surface area contributed by atoms with Crippen LogP contribution in [0.25, 0.3) is 0 Å². The maximum Gasteiger partial charge on any atom is 0.251 e. The lowest BCUT2D eigenvalue weighted by Gasteiger charge is -2.32. The molecule has 0 radical (unpaired) electrons. The van der Waals surface area contributed by atoms with Gasteiger partial charge in [0.25, 0.3) is 5.91 Å². The molecule has 2 N–H and O–H groups in total. The van der Waals surface area contributed by atoms with Crippen LogP contribution >= 0.6 is 11.6 Å². The Morgan fingerprint density at radius 1 is 1.36 bits per heavy atom. The summed E-state index contributed by atoms with van der Waals surface area (Å²) < 4.78 is 0. The Bertz CT molecular complexity index is 720. The van der Waals surface area contributed by atoms with E-state index in [0.717, 1.165) is 30.8 Å². The molecule has 1 heterocycles. The number of carbonyl (C=O) groups excluding carboxylic acids is 2. The largest absolute Gasteiger partial charge is 0.371 e. The Morgan fingerprint density at radius 2 is 2.04 bits per heavy atom. The molecule has 2 amide bonds. The molecule has 3 unspecified atom stereocenters. The fourth-order valence-electron chi connectivity index (χ4n) is 4.05. The standard InChI is InChI=1S/C22H34ClN3O2/c1-7-26(12-13(2)3)20-10-17(23)9-18(16(20)6)21(27)24-11-19-14(4)8-15(5)25-22(19)28/h9-10,13-15,19H,7-8,11-12H2,1-6H3,(H,24,27)(H,25,28). The van der Waals surface area contributed by atoms with Crippen LogP contribution in [0.4, 0.5) is 5.69 Å². The maximum absolute atomic E-state index is 12.9. The summed E-state index contributed by atoms with van der Waals surface area (Å²) in [6, 6.07) is 3.83. The summed E-state index contributed by atoms with van der Waals surface area (Å²) >= 11 is 6.34. The van der Waals surface area contributed by atoms with Crippen molar-refractivity contribution >= 4 is 29.1 Å². The van der Waals surface area contributed by atoms with Gasteiger partial charge in [0, 0.05) is 41.9 Å². The summed E-state index contributed by atoms with van der Waals surface area (Å²) in [4.78, 5) is 27.4. The molecule has 1 saturated heterocycles. The predicted octanol–water partition coefficient (Wildman–Crippen LogP) is 4.02. The Labute approximate surface area is 174 Å². The molecule has 1 aromatic carbocycles. The monoisotopic (exact) mass is 407 g/mol. The molecule has 28 heavy (non-hydrogen) atoms. The van der Waals surface area contributed by atoms with Crippen molar-refractivity contribution in [3.05, 3.63) is 28.3 Å². The second kappa shape index (κ2) is 9.64. The minimum atomic E-state index is -0.202. The van der Waals surface area contributed by atoms with E-state index in [1.165, 1.54) is 0 Å². The topological polar surface area (TPSA) is 61.4 Å². The maximum atomic E-state index is 12.9. The highest BCUT2D eigenvalue weighted by atomic mass is 35.5. The lowest BCUT2D eigenvalue weighted by molar-refractivity contribution is -0.129. The highest BCUT2D eigenvalue weighted by Gasteiger charge is 2.32. The van der Waals surface area contributed by atoms with Gasteiger partial charge in [-0.3, -0.25) is 9.59 Å². The Kier molecular flexibility index (Phi) is 7.76. The van der Waals surface area contributed by atoms with E-state index in [4.69, 9.17) is 11.6 Å². The van der Waals surface area contributed by atoms with E-state index >= 15 is 0 Å². The lowest BCUT2D eigenvalue weighted by atomic mass is 9.84. The zero-order valence-electron chi connectivity index (χ0n) is 17.9. The van der Waals surface area contributed by atoms with E-state index in [9.17, 15) is 9.59 Å². The Balaban J connectivity index is 2.18. The van der Waals surface area contributed by atoms with Gasteiger partial charge in [0.05, 0.1) is 5.92 Å². The second-order valence-corrected chi connectivity index (χ2v) is 8.91. The zero-order chi connectivity index (χ0) is 21.0. The minimum absolute atomic E-state index is 0.0177. The van der Waals surface area contributed by atoms with Crippen molar-refractivity contribution in [2.45, 2.75) is 54.0 Å². The number of hydrogen-bond donors (Lipinski definition) is 2. The van der Waals surface area contributed by atoms with Gasteiger partial charge < -0.3 is 15.5 Å². The third-order valence-corrected chi connectivity index (χ3v) is 5.74. The molecule has 2 rings (SSSR count). The Morgan fingerprint density at radius 3 is 2.61 bits per heavy atom. The quantitative estimate of drug-likeness (QED) is 0.717. The predicted molar refractivity (Wildman–Crippen MR) is 116 cm³/mol. The highest BCUT2D eigenvalue weighted by Crippen LogP contribution is 2.29. The molecule has 0 spiro atoms. The number of rotatable bonds is 7. The fraction of sp³-hybridized carbons (Fsp3) is 0.636. The van der Waals surface area contributed by atoms with Crippen molar-refractivity contribution in [1.82, 2.24) is 10.6 Å². The number of hydrogen-bond acceptors (Lipinski definition) is 3. The summed E-state index contributed by atoms with van der Waals surface area (Å²) in [7, 11) is 0. The first-order valence-electron chi connectivity index (χ1n) is 10.3. The van der Waals surface area contributed by atoms with Crippen LogP contribution in [0.5, 0.6) is 0 Å². The normalized spacial score (nSPS) is 22.1. The Hall–Kier alpha value is -1.75. The number of benzene rings is 1. The number of amides is 2. The van der Waals surface area contributed by atoms with E-state index in [-0.39, 0.29) is 29.7 Å². The minimum Gasteiger partial charge on any atom is -0.371 e. The molecule has 1 aliphatic heterocycles. The van der Waals surface area contributed by atoms with Gasteiger partial charge in [0.2, 0.25) is 5.91 Å². The summed E-state index contributed by atoms with van der Waals surface area (Å²) in [5.41, 5.74) is 2.48. The number of anilines is 1. The van der Waals surface area contributed by atoms with Crippen LogP contribution in [0.3, 0.4) is 0 Å². The van der Waals surface area contributed by atoms with E-state index in [0.29, 0.717) is 23.0 Å². The molecule has 1 aromatic rings. The van der Waals surface area contributed by atoms with Gasteiger partial charge in [-0.25, -0.2) is 0 Å². The van der Waals surface area contributed by atoms with Crippen molar-refractivity contribution in [2.24, 2.45) is 17.8 Å². The van der Waals surface area contributed by atoms with Crippen molar-refractivity contribution in [1.29, 1.82) is 0 Å². The molecular weight excluding hydrogens is 374 g/mol. The van der Waals surface area contributed by atoms with Crippen LogP contribution in [0.2, 0.25) is 5.02 Å². The molecule has 5 nitrogen and oxygen atoms in total. The third-order valence-electron chi connectivity index (χ3n) is 5.52. The number of nitrogens with zero attached hydrogens (tertiary/aromatic N) is 1. The summed E-state index contributed by atoms with van der Waals surface area (Å²) in [5.74, 6) is 0.378. The van der Waals surface area contributed by atoms with Crippen molar-refractivity contribution in [2.75, 3.05) is 24.5 Å². The smallest absolute Gasteiger partial charge is 0.251 e. The lowest BCUT2D eigenvalue weighted by Crippen LogP contribution is -2.50. The van der Waals surface area contributed by atoms with Gasteiger partial charge in [-0.05, 0) is 56.7 Å². The van der Waals surface area contributed by atoms with Crippen molar-refractivity contribution in [3.63, 3.8) is 0 Å². The zero-order valence-corrected chi connectivity index (χ0v) is 18.7. The van der Waals surface area contributed by atoms with Gasteiger partial charge in [-0.1, -0.05) is 32.4 Å². The molecule has 0 bridgehead atoms. The number of nitrogens with one attached hydrogen (secondary N) is 2. The van der Waals surface area contributed by atoms with E-state index < -0.39 is 0 Å². The van der Waals surface area contributed by atoms with Crippen LogP contribution < -0.4 is 15.5 Å². The van der Waals surface area contributed by atoms with Crippen LogP contribution in [0.1, 0.15) is 57.0 Å². The third kappa shape index (κ3) is 5.40. The average Bonchev–Trinajstić information content (AvgIpc) is 2.60. The van der Waals surface area contributed by atoms with Gasteiger partial charge in [-0.15, -0.1) is 0 Å². The second-order valence-electron chi connectivity index (χ2n) is 8.47. The number of piperidine rings is 1. The molecule has 6 heteroatoms. The van der Waals surface area contributed by atoms with E-state index in [2.05, 4.69) is 43.2 Å². The van der Waals surface area contributed by atoms with Gasteiger partial charge in [-0.2, -0.15) is 0 Å². The highest BCUT2D eigenvalue weighted by molar-refractivity contribution is 6.31. The van der Waals surface area contributed by atoms with Gasteiger partial charge in [0.1, 0.15) is 0 Å². The van der Waals surface area contributed by atoms with E-state index in [1.807, 2.05) is 19.9 Å². The summed E-state index contributed by atoms with van der Waals surface area (Å²) in [5, 5.41) is 6.48. The van der Waals surface area contributed by atoms with Crippen LogP contribution in [-0.2, 0) is 4.79 Å². The molecule has 0 saturated carbocycles. The summed E-state index contributed by atoms with van der Waals surface area (Å²) in [6.45, 7) is 14.6. The van der Waals surface area contributed by atoms with E-state index in [1.54, 1.807) is 6.07 Å². The molecule has 0 aromatic heterocycles. The van der Waals surface area contributed by atoms with Crippen LogP contribution in [0.15, 0.2) is 12.1 Å². The molecule has 1 fully saturated rings. The van der Waals surface area contributed by atoms with Gasteiger partial charge >= 0.3 is 0 Å². The fourth-order valence-corrected chi connectivity index (χ4v) is 4.26. The van der Waals surface area contributed by atoms with Crippen molar-refractivity contribution < 1.29 is 9.59 Å². The first-order chi connectivity index (χ1) is 13.1. The number of carbonyl (C=O) groups is 2. The SMILES string of the molecule is CCN(CC(C)C)c1cc(Cl)cc(C(=O)NCC2C(=O)NC(C)CC2C)c1C. The van der Waals surface area contributed by atoms with Gasteiger partial charge in [0.15, 0.2) is 0 Å². The molecule has 156 valence electrons. The van der Waals surface area contributed by atoms with Crippen LogP contribution in [-0.4, -0.2) is 37.5 Å². The average molecular weight is 408 g/mol. The number of halogens is 1. The van der Waals surface area contributed by atoms with Crippen molar-refractivity contribution in [3.8, 4) is 0 Å².